The van der Waals surface area contributed by atoms with Crippen LogP contribution in [-0.4, -0.2) is 13.7 Å². The Hall–Kier alpha value is -0.420. The number of hydrogen-bond acceptors (Lipinski definition) is 4. The minimum Gasteiger partial charge on any atom is -0.212 e. The van der Waals surface area contributed by atoms with Gasteiger partial charge < -0.3 is 0 Å². The van der Waals surface area contributed by atoms with E-state index in [1.807, 2.05) is 12.1 Å². The molecule has 1 fully saturated rings. The third-order valence-electron chi connectivity index (χ3n) is 3.09. The molecule has 2 rings (SSSR count). The Labute approximate surface area is 119 Å². The van der Waals surface area contributed by atoms with Crippen molar-refractivity contribution >= 4 is 37.3 Å². The first-order chi connectivity index (χ1) is 8.53. The van der Waals surface area contributed by atoms with Gasteiger partial charge in [0.25, 0.3) is 0 Å². The SMILES string of the molecule is N#CC1CCCC1S(=O)(=O)NCc1ccc(Br)s1. The number of thiophene rings is 1. The number of nitriles is 1. The highest BCUT2D eigenvalue weighted by Gasteiger charge is 2.37. The van der Waals surface area contributed by atoms with Crippen molar-refractivity contribution in [1.82, 2.24) is 4.72 Å². The smallest absolute Gasteiger partial charge is 0.212 e. The molecule has 1 N–H and O–H groups in total. The van der Waals surface area contributed by atoms with E-state index in [0.717, 1.165) is 15.1 Å². The Morgan fingerprint density at radius 3 is 2.89 bits per heavy atom. The summed E-state index contributed by atoms with van der Waals surface area (Å²) in [7, 11) is -3.39. The van der Waals surface area contributed by atoms with E-state index in [9.17, 15) is 8.42 Å². The van der Waals surface area contributed by atoms with Crippen molar-refractivity contribution in [2.75, 3.05) is 0 Å². The summed E-state index contributed by atoms with van der Waals surface area (Å²) in [6.07, 6.45) is 2.09. The molecule has 1 aliphatic carbocycles. The number of nitrogens with zero attached hydrogens (tertiary/aromatic N) is 1. The van der Waals surface area contributed by atoms with Crippen molar-refractivity contribution in [3.63, 3.8) is 0 Å². The second-order valence-electron chi connectivity index (χ2n) is 4.28. The van der Waals surface area contributed by atoms with Crippen LogP contribution in [0.1, 0.15) is 24.1 Å². The third kappa shape index (κ3) is 3.12. The van der Waals surface area contributed by atoms with Gasteiger partial charge >= 0.3 is 0 Å². The van der Waals surface area contributed by atoms with Crippen LogP contribution in [0.15, 0.2) is 15.9 Å². The van der Waals surface area contributed by atoms with Crippen molar-refractivity contribution in [1.29, 1.82) is 5.26 Å². The molecule has 98 valence electrons. The number of nitrogens with one attached hydrogen (secondary N) is 1. The standard InChI is InChI=1S/C11H13BrN2O2S2/c12-11-5-4-9(17-11)7-14-18(15,16)10-3-1-2-8(10)6-13/h4-5,8,10,14H,1-3,7H2. The third-order valence-corrected chi connectivity index (χ3v) is 6.63. The first-order valence-corrected chi connectivity index (χ1v) is 8.81. The predicted molar refractivity (Wildman–Crippen MR) is 74.5 cm³/mol. The number of hydrogen-bond donors (Lipinski definition) is 1. The van der Waals surface area contributed by atoms with Crippen molar-refractivity contribution in [2.24, 2.45) is 5.92 Å². The second kappa shape index (κ2) is 5.70. The molecule has 1 aliphatic rings. The van der Waals surface area contributed by atoms with E-state index in [1.165, 1.54) is 11.3 Å². The van der Waals surface area contributed by atoms with Crippen molar-refractivity contribution < 1.29 is 8.42 Å². The van der Waals surface area contributed by atoms with Gasteiger partial charge in [0.1, 0.15) is 0 Å². The molecule has 0 spiro atoms. The summed E-state index contributed by atoms with van der Waals surface area (Å²) in [5.74, 6) is -0.363. The average Bonchev–Trinajstić information content (AvgIpc) is 2.95. The van der Waals surface area contributed by atoms with E-state index in [2.05, 4.69) is 26.7 Å². The average molecular weight is 349 g/mol. The van der Waals surface area contributed by atoms with Crippen molar-refractivity contribution in [2.45, 2.75) is 31.1 Å². The van der Waals surface area contributed by atoms with Gasteiger partial charge in [0.15, 0.2) is 0 Å². The highest BCUT2D eigenvalue weighted by atomic mass is 79.9. The summed E-state index contributed by atoms with van der Waals surface area (Å²) in [4.78, 5) is 0.956. The first-order valence-electron chi connectivity index (χ1n) is 5.65. The highest BCUT2D eigenvalue weighted by Crippen LogP contribution is 2.30. The second-order valence-corrected chi connectivity index (χ2v) is 8.81. The topological polar surface area (TPSA) is 70.0 Å². The molecular formula is C11H13BrN2O2S2. The van der Waals surface area contributed by atoms with E-state index in [4.69, 9.17) is 5.26 Å². The molecule has 2 atom stereocenters. The molecule has 1 heterocycles. The molecule has 0 radical (unpaired) electrons. The molecule has 1 aromatic heterocycles. The van der Waals surface area contributed by atoms with Crippen LogP contribution < -0.4 is 4.72 Å². The van der Waals surface area contributed by atoms with Gasteiger partial charge in [0.2, 0.25) is 10.0 Å². The van der Waals surface area contributed by atoms with Gasteiger partial charge in [-0.25, -0.2) is 13.1 Å². The van der Waals surface area contributed by atoms with Gasteiger partial charge in [-0.05, 0) is 40.9 Å². The lowest BCUT2D eigenvalue weighted by Gasteiger charge is -2.14. The first kappa shape index (κ1) is 14.0. The van der Waals surface area contributed by atoms with Gasteiger partial charge in [-0.15, -0.1) is 11.3 Å². The molecule has 7 heteroatoms. The minimum absolute atomic E-state index is 0.299. The highest BCUT2D eigenvalue weighted by molar-refractivity contribution is 9.11. The lowest BCUT2D eigenvalue weighted by Crippen LogP contribution is -2.35. The molecule has 4 nitrogen and oxygen atoms in total. The number of rotatable bonds is 4. The lowest BCUT2D eigenvalue weighted by molar-refractivity contribution is 0.551. The maximum absolute atomic E-state index is 12.1. The molecular weight excluding hydrogens is 336 g/mol. The van der Waals surface area contributed by atoms with E-state index in [1.54, 1.807) is 0 Å². The molecule has 2 unspecified atom stereocenters. The fourth-order valence-corrected chi connectivity index (χ4v) is 5.36. The van der Waals surface area contributed by atoms with Crippen LogP contribution in [0.2, 0.25) is 0 Å². The van der Waals surface area contributed by atoms with Gasteiger partial charge in [-0.1, -0.05) is 6.42 Å². The van der Waals surface area contributed by atoms with Crippen LogP contribution in [0.3, 0.4) is 0 Å². The summed E-state index contributed by atoms with van der Waals surface area (Å²) < 4.78 is 27.8. The van der Waals surface area contributed by atoms with Crippen LogP contribution in [0.25, 0.3) is 0 Å². The van der Waals surface area contributed by atoms with Crippen molar-refractivity contribution in [3.05, 3.63) is 20.8 Å². The summed E-state index contributed by atoms with van der Waals surface area (Å²) in [5, 5.41) is 8.39. The maximum atomic E-state index is 12.1. The number of sulfonamides is 1. The molecule has 1 saturated carbocycles. The van der Waals surface area contributed by atoms with Crippen LogP contribution in [0.5, 0.6) is 0 Å². The van der Waals surface area contributed by atoms with Crippen LogP contribution in [0.4, 0.5) is 0 Å². The molecule has 18 heavy (non-hydrogen) atoms. The van der Waals surface area contributed by atoms with Crippen LogP contribution in [0, 0.1) is 17.2 Å². The van der Waals surface area contributed by atoms with Gasteiger partial charge in [0.05, 0.1) is 21.0 Å². The minimum atomic E-state index is -3.39. The van der Waals surface area contributed by atoms with Gasteiger partial charge in [-0.2, -0.15) is 5.26 Å². The maximum Gasteiger partial charge on any atom is 0.216 e. The summed E-state index contributed by atoms with van der Waals surface area (Å²) in [6.45, 7) is 0.299. The normalized spacial score (nSPS) is 24.0. The monoisotopic (exact) mass is 348 g/mol. The predicted octanol–water partition coefficient (Wildman–Crippen LogP) is 2.62. The summed E-state index contributed by atoms with van der Waals surface area (Å²) in [6, 6.07) is 5.87. The Balaban J connectivity index is 2.01. The lowest BCUT2D eigenvalue weighted by atomic mass is 10.1. The van der Waals surface area contributed by atoms with Crippen LogP contribution >= 0.6 is 27.3 Å². The Morgan fingerprint density at radius 1 is 1.50 bits per heavy atom. The van der Waals surface area contributed by atoms with Crippen molar-refractivity contribution in [3.8, 4) is 6.07 Å². The van der Waals surface area contributed by atoms with E-state index >= 15 is 0 Å². The van der Waals surface area contributed by atoms with E-state index in [0.29, 0.717) is 19.4 Å². The zero-order valence-corrected chi connectivity index (χ0v) is 12.8. The Morgan fingerprint density at radius 2 is 2.28 bits per heavy atom. The molecule has 1 aromatic rings. The Bertz CT molecular complexity index is 562. The molecule has 0 amide bonds. The Kier molecular flexibility index (Phi) is 4.43. The van der Waals surface area contributed by atoms with Crippen LogP contribution in [-0.2, 0) is 16.6 Å². The molecule has 0 aliphatic heterocycles. The van der Waals surface area contributed by atoms with E-state index < -0.39 is 15.3 Å². The fourth-order valence-electron chi connectivity index (χ4n) is 2.17. The quantitative estimate of drug-likeness (QED) is 0.908. The largest absolute Gasteiger partial charge is 0.216 e. The molecule has 0 saturated heterocycles. The van der Waals surface area contributed by atoms with E-state index in [-0.39, 0.29) is 5.92 Å². The van der Waals surface area contributed by atoms with Gasteiger partial charge in [0, 0.05) is 11.4 Å². The number of halogens is 1. The van der Waals surface area contributed by atoms with Gasteiger partial charge in [-0.3, -0.25) is 0 Å². The summed E-state index contributed by atoms with van der Waals surface area (Å²) in [5.41, 5.74) is 0. The molecule has 0 aromatic carbocycles. The molecule has 0 bridgehead atoms. The zero-order valence-electron chi connectivity index (χ0n) is 9.60. The summed E-state index contributed by atoms with van der Waals surface area (Å²) >= 11 is 4.84. The fraction of sp³-hybridized carbons (Fsp3) is 0.545. The zero-order chi connectivity index (χ0) is 13.2.